The summed E-state index contributed by atoms with van der Waals surface area (Å²) < 4.78 is 26.3. The molecule has 1 atom stereocenters. The first-order chi connectivity index (χ1) is 9.00. The third-order valence-corrected chi connectivity index (χ3v) is 5.79. The number of carbonyl (C=O) groups excluding carboxylic acids is 1. The summed E-state index contributed by atoms with van der Waals surface area (Å²) in [6.45, 7) is 3.85. The number of carbonyl (C=O) groups is 1. The summed E-state index contributed by atoms with van der Waals surface area (Å²) in [4.78, 5) is 13.7. The van der Waals surface area contributed by atoms with E-state index < -0.39 is 10.0 Å². The van der Waals surface area contributed by atoms with Crippen LogP contribution < -0.4 is 10.0 Å². The number of piperazine rings is 1. The minimum atomic E-state index is -3.56. The molecule has 6 nitrogen and oxygen atoms in total. The molecular formula is C11H17N3O3S2. The van der Waals surface area contributed by atoms with Crippen LogP contribution in [0.1, 0.15) is 6.92 Å². The second-order valence-corrected chi connectivity index (χ2v) is 7.34. The van der Waals surface area contributed by atoms with E-state index in [9.17, 15) is 13.2 Å². The summed E-state index contributed by atoms with van der Waals surface area (Å²) in [5.41, 5.74) is 0. The first kappa shape index (κ1) is 14.4. The highest BCUT2D eigenvalue weighted by Gasteiger charge is 2.24. The maximum Gasteiger partial charge on any atom is 0.250 e. The molecule has 2 N–H and O–H groups in total. The summed E-state index contributed by atoms with van der Waals surface area (Å²) in [6.07, 6.45) is 0. The Morgan fingerprint density at radius 1 is 1.63 bits per heavy atom. The van der Waals surface area contributed by atoms with Crippen molar-refractivity contribution in [1.82, 2.24) is 14.9 Å². The normalized spacial score (nSPS) is 20.5. The van der Waals surface area contributed by atoms with E-state index in [4.69, 9.17) is 0 Å². The zero-order valence-corrected chi connectivity index (χ0v) is 12.3. The van der Waals surface area contributed by atoms with Crippen LogP contribution in [-0.2, 0) is 14.8 Å². The van der Waals surface area contributed by atoms with Gasteiger partial charge in [0.15, 0.2) is 0 Å². The molecule has 2 heterocycles. The van der Waals surface area contributed by atoms with Gasteiger partial charge in [0, 0.05) is 25.7 Å². The Labute approximate surface area is 116 Å². The molecule has 0 bridgehead atoms. The molecule has 0 radical (unpaired) electrons. The molecule has 1 aromatic rings. The van der Waals surface area contributed by atoms with Crippen molar-refractivity contribution in [2.24, 2.45) is 0 Å². The molecule has 1 saturated heterocycles. The third-order valence-electron chi connectivity index (χ3n) is 2.99. The number of thiophene rings is 1. The number of nitrogens with zero attached hydrogens (tertiary/aromatic N) is 1. The van der Waals surface area contributed by atoms with Crippen LogP contribution in [-0.4, -0.2) is 51.4 Å². The van der Waals surface area contributed by atoms with Crippen LogP contribution in [0.25, 0.3) is 0 Å². The molecule has 1 fully saturated rings. The van der Waals surface area contributed by atoms with Crippen molar-refractivity contribution in [3.63, 3.8) is 0 Å². The lowest BCUT2D eigenvalue weighted by molar-refractivity contribution is -0.132. The maximum atomic E-state index is 12.0. The minimum Gasteiger partial charge on any atom is -0.336 e. The Morgan fingerprint density at radius 2 is 2.42 bits per heavy atom. The molecule has 1 aromatic heterocycles. The molecule has 106 valence electrons. The molecule has 1 amide bonds. The molecule has 19 heavy (non-hydrogen) atoms. The Bertz CT molecular complexity index is 527. The lowest BCUT2D eigenvalue weighted by Gasteiger charge is -2.34. The van der Waals surface area contributed by atoms with Crippen molar-refractivity contribution in [1.29, 1.82) is 0 Å². The average Bonchev–Trinajstić information content (AvgIpc) is 2.91. The van der Waals surface area contributed by atoms with Gasteiger partial charge in [-0.2, -0.15) is 0 Å². The average molecular weight is 303 g/mol. The fourth-order valence-electron chi connectivity index (χ4n) is 1.96. The topological polar surface area (TPSA) is 78.5 Å². The van der Waals surface area contributed by atoms with Gasteiger partial charge in [-0.1, -0.05) is 6.07 Å². The zero-order valence-electron chi connectivity index (χ0n) is 10.6. The van der Waals surface area contributed by atoms with Gasteiger partial charge >= 0.3 is 0 Å². The van der Waals surface area contributed by atoms with Crippen LogP contribution in [0.15, 0.2) is 21.7 Å². The van der Waals surface area contributed by atoms with Crippen LogP contribution in [0.3, 0.4) is 0 Å². The Hall–Kier alpha value is -0.960. The van der Waals surface area contributed by atoms with E-state index in [0.29, 0.717) is 6.54 Å². The van der Waals surface area contributed by atoms with Gasteiger partial charge in [0.05, 0.1) is 6.54 Å². The lowest BCUT2D eigenvalue weighted by Crippen LogP contribution is -2.54. The van der Waals surface area contributed by atoms with E-state index in [1.54, 1.807) is 16.3 Å². The van der Waals surface area contributed by atoms with Crippen LogP contribution in [0.4, 0.5) is 0 Å². The summed E-state index contributed by atoms with van der Waals surface area (Å²) in [7, 11) is -3.56. The number of rotatable bonds is 4. The molecule has 0 aliphatic carbocycles. The molecule has 0 spiro atoms. The zero-order chi connectivity index (χ0) is 13.9. The van der Waals surface area contributed by atoms with Crippen molar-refractivity contribution in [2.75, 3.05) is 26.2 Å². The lowest BCUT2D eigenvalue weighted by atomic mass is 10.2. The van der Waals surface area contributed by atoms with Crippen LogP contribution >= 0.6 is 11.3 Å². The van der Waals surface area contributed by atoms with E-state index in [-0.39, 0.29) is 22.7 Å². The highest BCUT2D eigenvalue weighted by molar-refractivity contribution is 7.91. The molecule has 2 rings (SSSR count). The second kappa shape index (κ2) is 6.00. The van der Waals surface area contributed by atoms with E-state index >= 15 is 0 Å². The van der Waals surface area contributed by atoms with Gasteiger partial charge < -0.3 is 10.2 Å². The van der Waals surface area contributed by atoms with Crippen LogP contribution in [0.2, 0.25) is 0 Å². The molecule has 0 saturated carbocycles. The first-order valence-corrected chi connectivity index (χ1v) is 8.40. The largest absolute Gasteiger partial charge is 0.336 e. The fourth-order valence-corrected chi connectivity index (χ4v) is 3.97. The molecular weight excluding hydrogens is 286 g/mol. The van der Waals surface area contributed by atoms with Gasteiger partial charge in [0.2, 0.25) is 5.91 Å². The third kappa shape index (κ3) is 3.53. The number of amides is 1. The summed E-state index contributed by atoms with van der Waals surface area (Å²) in [5, 5.41) is 4.87. The van der Waals surface area contributed by atoms with Crippen LogP contribution in [0.5, 0.6) is 0 Å². The van der Waals surface area contributed by atoms with Gasteiger partial charge in [-0.25, -0.2) is 13.1 Å². The monoisotopic (exact) mass is 303 g/mol. The summed E-state index contributed by atoms with van der Waals surface area (Å²) in [6, 6.07) is 3.28. The molecule has 1 aliphatic rings. The predicted molar refractivity (Wildman–Crippen MR) is 73.6 cm³/mol. The quantitative estimate of drug-likeness (QED) is 0.811. The van der Waals surface area contributed by atoms with Gasteiger partial charge in [-0.3, -0.25) is 4.79 Å². The van der Waals surface area contributed by atoms with E-state index in [1.165, 1.54) is 6.07 Å². The summed E-state index contributed by atoms with van der Waals surface area (Å²) in [5.74, 6) is -0.186. The smallest absolute Gasteiger partial charge is 0.250 e. The van der Waals surface area contributed by atoms with E-state index in [0.717, 1.165) is 24.4 Å². The second-order valence-electron chi connectivity index (χ2n) is 4.40. The molecule has 1 aliphatic heterocycles. The van der Waals surface area contributed by atoms with Gasteiger partial charge in [0.1, 0.15) is 4.21 Å². The van der Waals surface area contributed by atoms with E-state index in [1.807, 2.05) is 6.92 Å². The van der Waals surface area contributed by atoms with Gasteiger partial charge in [-0.15, -0.1) is 11.3 Å². The molecule has 0 aromatic carbocycles. The SMILES string of the molecule is C[C@@H]1CNCCN1C(=O)CNS(=O)(=O)c1cccs1. The van der Waals surface area contributed by atoms with Crippen LogP contribution in [0, 0.1) is 0 Å². The van der Waals surface area contributed by atoms with Crippen molar-refractivity contribution >= 4 is 27.3 Å². The Kier molecular flexibility index (Phi) is 4.56. The van der Waals surface area contributed by atoms with Crippen molar-refractivity contribution in [3.8, 4) is 0 Å². The minimum absolute atomic E-state index is 0.0903. The van der Waals surface area contributed by atoms with E-state index in [2.05, 4.69) is 10.0 Å². The van der Waals surface area contributed by atoms with Gasteiger partial charge in [0.25, 0.3) is 10.0 Å². The standard InChI is InChI=1S/C11H17N3O3S2/c1-9-7-12-4-5-14(9)10(15)8-13-19(16,17)11-3-2-6-18-11/h2-3,6,9,12-13H,4-5,7-8H2,1H3/t9-/m1/s1. The summed E-state index contributed by atoms with van der Waals surface area (Å²) >= 11 is 1.13. The van der Waals surface area contributed by atoms with Crippen molar-refractivity contribution in [2.45, 2.75) is 17.2 Å². The van der Waals surface area contributed by atoms with Crippen molar-refractivity contribution < 1.29 is 13.2 Å². The number of hydrogen-bond acceptors (Lipinski definition) is 5. The molecule has 8 heteroatoms. The highest BCUT2D eigenvalue weighted by Crippen LogP contribution is 2.15. The number of sulfonamides is 1. The first-order valence-electron chi connectivity index (χ1n) is 6.04. The maximum absolute atomic E-state index is 12.0. The molecule has 0 unspecified atom stereocenters. The highest BCUT2D eigenvalue weighted by atomic mass is 32.2. The number of hydrogen-bond donors (Lipinski definition) is 2. The van der Waals surface area contributed by atoms with Crippen molar-refractivity contribution in [3.05, 3.63) is 17.5 Å². The predicted octanol–water partition coefficient (Wildman–Crippen LogP) is -0.153. The Morgan fingerprint density at radius 3 is 3.05 bits per heavy atom. The van der Waals surface area contributed by atoms with Gasteiger partial charge in [-0.05, 0) is 18.4 Å². The number of nitrogens with one attached hydrogen (secondary N) is 2. The Balaban J connectivity index is 1.93. The fraction of sp³-hybridized carbons (Fsp3) is 0.545.